The average Bonchev–Trinajstić information content (AvgIpc) is 3.22. The molecule has 2 fully saturated rings. The largest absolute Gasteiger partial charge is 0.377 e. The van der Waals surface area contributed by atoms with E-state index < -0.39 is 14.6 Å². The number of aryl methyl sites for hydroxylation is 1. The summed E-state index contributed by atoms with van der Waals surface area (Å²) in [6.45, 7) is 7.64. The highest BCUT2D eigenvalue weighted by atomic mass is 32.2. The van der Waals surface area contributed by atoms with Crippen molar-refractivity contribution in [1.82, 2.24) is 19.9 Å². The zero-order valence-electron chi connectivity index (χ0n) is 21.0. The maximum Gasteiger partial charge on any atom is 0.157 e. The lowest BCUT2D eigenvalue weighted by atomic mass is 9.88. The van der Waals surface area contributed by atoms with Gasteiger partial charge in [0.2, 0.25) is 0 Å². The van der Waals surface area contributed by atoms with Gasteiger partial charge in [0.15, 0.2) is 9.84 Å². The van der Waals surface area contributed by atoms with Gasteiger partial charge in [0.1, 0.15) is 5.82 Å². The quantitative estimate of drug-likeness (QED) is 0.577. The van der Waals surface area contributed by atoms with Gasteiger partial charge in [-0.1, -0.05) is 6.92 Å². The van der Waals surface area contributed by atoms with Crippen LogP contribution in [0.25, 0.3) is 22.4 Å². The molecule has 1 atom stereocenters. The molecular formula is C26H35N5O3S. The molecule has 2 aliphatic rings. The standard InChI is InChI=1S/C26H35N5O3S/c1-5-20-17-34-13-12-31(20)25-16-19(26(35(4,32)33)8-10-30(3)11-9-26)15-24(29-25)22-7-6-21-23(28-22)14-18(2)27-21/h6-7,14-16,20,27H,5,8-13,17H2,1-4H3. The number of nitrogens with zero attached hydrogens (tertiary/aromatic N) is 4. The van der Waals surface area contributed by atoms with Gasteiger partial charge in [-0.25, -0.2) is 18.4 Å². The van der Waals surface area contributed by atoms with Crippen molar-refractivity contribution in [2.75, 3.05) is 51.1 Å². The number of hydrogen-bond donors (Lipinski definition) is 1. The molecule has 188 valence electrons. The lowest BCUT2D eigenvalue weighted by Gasteiger charge is -2.41. The van der Waals surface area contributed by atoms with Gasteiger partial charge >= 0.3 is 0 Å². The molecule has 5 rings (SSSR count). The fraction of sp³-hybridized carbons (Fsp3) is 0.538. The molecule has 1 N–H and O–H groups in total. The number of likely N-dealkylation sites (tertiary alicyclic amines) is 1. The van der Waals surface area contributed by atoms with Crippen LogP contribution in [0.1, 0.15) is 37.4 Å². The zero-order chi connectivity index (χ0) is 24.8. The Kier molecular flexibility index (Phi) is 6.35. The van der Waals surface area contributed by atoms with Gasteiger partial charge in [-0.05, 0) is 82.2 Å². The summed E-state index contributed by atoms with van der Waals surface area (Å²) in [5.74, 6) is 0.807. The monoisotopic (exact) mass is 497 g/mol. The molecule has 0 amide bonds. The number of fused-ring (bicyclic) bond motifs is 1. The van der Waals surface area contributed by atoms with Gasteiger partial charge < -0.3 is 19.5 Å². The normalized spacial score (nSPS) is 21.5. The second-order valence-corrected chi connectivity index (χ2v) is 12.4. The third kappa shape index (κ3) is 4.45. The van der Waals surface area contributed by atoms with Crippen molar-refractivity contribution >= 4 is 26.7 Å². The Labute approximate surface area is 207 Å². The van der Waals surface area contributed by atoms with Crippen LogP contribution in [0.3, 0.4) is 0 Å². The molecule has 0 saturated carbocycles. The summed E-state index contributed by atoms with van der Waals surface area (Å²) in [5.41, 5.74) is 5.18. The van der Waals surface area contributed by atoms with E-state index in [1.54, 1.807) is 0 Å². The predicted molar refractivity (Wildman–Crippen MR) is 140 cm³/mol. The first-order chi connectivity index (χ1) is 16.7. The Hall–Kier alpha value is -2.49. The summed E-state index contributed by atoms with van der Waals surface area (Å²) in [5, 5.41) is 0. The number of morpholine rings is 1. The Balaban J connectivity index is 1.70. The molecule has 0 bridgehead atoms. The number of H-pyrrole nitrogens is 1. The fourth-order valence-electron chi connectivity index (χ4n) is 5.49. The first kappa shape index (κ1) is 24.2. The summed E-state index contributed by atoms with van der Waals surface area (Å²) in [7, 11) is -1.34. The Morgan fingerprint density at radius 3 is 2.60 bits per heavy atom. The van der Waals surface area contributed by atoms with Crippen LogP contribution < -0.4 is 4.90 Å². The summed E-state index contributed by atoms with van der Waals surface area (Å²) in [6.07, 6.45) is 3.44. The van der Waals surface area contributed by atoms with E-state index in [9.17, 15) is 8.42 Å². The van der Waals surface area contributed by atoms with Crippen molar-refractivity contribution in [3.63, 3.8) is 0 Å². The minimum Gasteiger partial charge on any atom is -0.377 e. The van der Waals surface area contributed by atoms with Gasteiger partial charge in [-0.15, -0.1) is 0 Å². The molecule has 3 aromatic rings. The maximum atomic E-state index is 13.4. The van der Waals surface area contributed by atoms with E-state index >= 15 is 0 Å². The summed E-state index contributed by atoms with van der Waals surface area (Å²) in [6, 6.07) is 10.2. The molecule has 8 nitrogen and oxygen atoms in total. The summed E-state index contributed by atoms with van der Waals surface area (Å²) >= 11 is 0. The van der Waals surface area contributed by atoms with Crippen molar-refractivity contribution in [2.45, 2.75) is 43.9 Å². The lowest BCUT2D eigenvalue weighted by molar-refractivity contribution is 0.0925. The van der Waals surface area contributed by atoms with Gasteiger partial charge in [0.05, 0.1) is 46.4 Å². The van der Waals surface area contributed by atoms with Crippen LogP contribution in [0.2, 0.25) is 0 Å². The van der Waals surface area contributed by atoms with Gasteiger partial charge in [0.25, 0.3) is 0 Å². The number of pyridine rings is 2. The van der Waals surface area contributed by atoms with Crippen LogP contribution in [-0.4, -0.2) is 80.5 Å². The molecule has 0 radical (unpaired) electrons. The van der Waals surface area contributed by atoms with Gasteiger partial charge in [-0.3, -0.25) is 0 Å². The summed E-state index contributed by atoms with van der Waals surface area (Å²) in [4.78, 5) is 17.7. The highest BCUT2D eigenvalue weighted by molar-refractivity contribution is 7.91. The van der Waals surface area contributed by atoms with Crippen molar-refractivity contribution in [3.8, 4) is 11.4 Å². The molecule has 1 unspecified atom stereocenters. The van der Waals surface area contributed by atoms with E-state index in [0.29, 0.717) is 31.7 Å². The van der Waals surface area contributed by atoms with Crippen LogP contribution in [-0.2, 0) is 19.3 Å². The van der Waals surface area contributed by atoms with Crippen molar-refractivity contribution in [2.24, 2.45) is 0 Å². The number of anilines is 1. The SMILES string of the molecule is CCC1COCCN1c1cc(C2(S(C)(=O)=O)CCN(C)CC2)cc(-c2ccc3[nH]c(C)cc3n2)n1. The highest BCUT2D eigenvalue weighted by Crippen LogP contribution is 2.42. The molecule has 9 heteroatoms. The zero-order valence-corrected chi connectivity index (χ0v) is 21.9. The topological polar surface area (TPSA) is 91.4 Å². The van der Waals surface area contributed by atoms with Gasteiger partial charge in [0, 0.05) is 18.5 Å². The molecule has 3 aromatic heterocycles. The van der Waals surface area contributed by atoms with Crippen LogP contribution in [0, 0.1) is 6.92 Å². The van der Waals surface area contributed by atoms with E-state index in [1.165, 1.54) is 6.26 Å². The Morgan fingerprint density at radius 1 is 1.11 bits per heavy atom. The van der Waals surface area contributed by atoms with E-state index in [0.717, 1.165) is 59.9 Å². The molecule has 35 heavy (non-hydrogen) atoms. The number of aromatic nitrogens is 3. The third-order valence-electron chi connectivity index (χ3n) is 7.71. The third-order valence-corrected chi connectivity index (χ3v) is 9.77. The number of rotatable bonds is 5. The second kappa shape index (κ2) is 9.19. The van der Waals surface area contributed by atoms with Crippen molar-refractivity contribution in [1.29, 1.82) is 0 Å². The highest BCUT2D eigenvalue weighted by Gasteiger charge is 2.45. The average molecular weight is 498 g/mol. The van der Waals surface area contributed by atoms with Crippen molar-refractivity contribution < 1.29 is 13.2 Å². The minimum absolute atomic E-state index is 0.203. The van der Waals surface area contributed by atoms with E-state index in [4.69, 9.17) is 14.7 Å². The first-order valence-corrected chi connectivity index (χ1v) is 14.3. The van der Waals surface area contributed by atoms with Crippen LogP contribution in [0.5, 0.6) is 0 Å². The maximum absolute atomic E-state index is 13.4. The van der Waals surface area contributed by atoms with Crippen molar-refractivity contribution in [3.05, 3.63) is 41.6 Å². The fourth-order valence-corrected chi connectivity index (χ4v) is 6.96. The predicted octanol–water partition coefficient (Wildman–Crippen LogP) is 3.51. The molecule has 2 saturated heterocycles. The first-order valence-electron chi connectivity index (χ1n) is 12.4. The number of hydrogen-bond acceptors (Lipinski definition) is 7. The number of nitrogens with one attached hydrogen (secondary N) is 1. The minimum atomic E-state index is -3.38. The Bertz CT molecular complexity index is 1330. The molecule has 0 aliphatic carbocycles. The lowest BCUT2D eigenvalue weighted by Crippen LogP contribution is -2.47. The molecule has 0 spiro atoms. The smallest absolute Gasteiger partial charge is 0.157 e. The van der Waals surface area contributed by atoms with Crippen LogP contribution in [0.4, 0.5) is 5.82 Å². The number of aromatic amines is 1. The molecular weight excluding hydrogens is 462 g/mol. The number of ether oxygens (including phenoxy) is 1. The molecule has 2 aliphatic heterocycles. The number of piperidine rings is 1. The van der Waals surface area contributed by atoms with Crippen LogP contribution >= 0.6 is 0 Å². The second-order valence-electron chi connectivity index (χ2n) is 10.1. The van der Waals surface area contributed by atoms with E-state index in [-0.39, 0.29) is 6.04 Å². The van der Waals surface area contributed by atoms with Crippen LogP contribution in [0.15, 0.2) is 30.3 Å². The summed E-state index contributed by atoms with van der Waals surface area (Å²) < 4.78 is 31.5. The van der Waals surface area contributed by atoms with Gasteiger partial charge in [-0.2, -0.15) is 0 Å². The number of sulfone groups is 1. The van der Waals surface area contributed by atoms with E-state index in [2.05, 4.69) is 21.7 Å². The Morgan fingerprint density at radius 2 is 1.89 bits per heavy atom. The van der Waals surface area contributed by atoms with E-state index in [1.807, 2.05) is 44.3 Å². The molecule has 0 aromatic carbocycles. The molecule has 5 heterocycles.